The molecule has 2 heterocycles. The smallest absolute Gasteiger partial charge is 0.255 e. The molecular formula is C17H18Cl2N4O. The summed E-state index contributed by atoms with van der Waals surface area (Å²) >= 11 is 12.0. The first-order valence-electron chi connectivity index (χ1n) is 7.67. The van der Waals surface area contributed by atoms with Crippen LogP contribution in [0.3, 0.4) is 0 Å². The summed E-state index contributed by atoms with van der Waals surface area (Å²) in [5, 5.41) is 4.27. The molecule has 1 N–H and O–H groups in total. The molecule has 24 heavy (non-hydrogen) atoms. The zero-order chi connectivity index (χ0) is 17.1. The average Bonchev–Trinajstić information content (AvgIpc) is 2.54. The third kappa shape index (κ3) is 4.17. The number of nitrogens with zero attached hydrogens (tertiary/aromatic N) is 3. The lowest BCUT2D eigenvalue weighted by molar-refractivity contribution is 0.0663. The number of rotatable bonds is 3. The van der Waals surface area contributed by atoms with Crippen molar-refractivity contribution in [2.75, 3.05) is 38.5 Å². The second kappa shape index (κ2) is 7.38. The van der Waals surface area contributed by atoms with Crippen LogP contribution in [0, 0.1) is 0 Å². The molecule has 1 fully saturated rings. The predicted molar refractivity (Wildman–Crippen MR) is 97.4 cm³/mol. The molecule has 0 atom stereocenters. The third-order valence-electron chi connectivity index (χ3n) is 3.93. The highest BCUT2D eigenvalue weighted by Crippen LogP contribution is 2.25. The zero-order valence-electron chi connectivity index (χ0n) is 13.3. The van der Waals surface area contributed by atoms with Crippen LogP contribution in [-0.2, 0) is 0 Å². The molecule has 1 aliphatic rings. The molecule has 7 heteroatoms. The molecule has 2 aromatic rings. The first kappa shape index (κ1) is 17.0. The van der Waals surface area contributed by atoms with Crippen molar-refractivity contribution in [2.24, 2.45) is 0 Å². The fourth-order valence-electron chi connectivity index (χ4n) is 2.61. The second-order valence-electron chi connectivity index (χ2n) is 5.84. The standard InChI is InChI=1S/C17H18Cl2N4O/c1-22-2-4-23(5-3-22)17(24)12-6-16(11-20-10-12)21-15-8-13(18)7-14(19)9-15/h6-11,21H,2-5H2,1H3. The van der Waals surface area contributed by atoms with Crippen molar-refractivity contribution in [1.29, 1.82) is 0 Å². The van der Waals surface area contributed by atoms with Gasteiger partial charge >= 0.3 is 0 Å². The van der Waals surface area contributed by atoms with Gasteiger partial charge in [-0.1, -0.05) is 23.2 Å². The Morgan fingerprint density at radius 3 is 2.33 bits per heavy atom. The van der Waals surface area contributed by atoms with Crippen LogP contribution in [0.4, 0.5) is 11.4 Å². The zero-order valence-corrected chi connectivity index (χ0v) is 14.8. The van der Waals surface area contributed by atoms with Gasteiger partial charge in [0.25, 0.3) is 5.91 Å². The SMILES string of the molecule is CN1CCN(C(=O)c2cncc(Nc3cc(Cl)cc(Cl)c3)c2)CC1. The number of aromatic nitrogens is 1. The Balaban J connectivity index is 1.75. The summed E-state index contributed by atoms with van der Waals surface area (Å²) in [5.41, 5.74) is 2.03. The molecule has 5 nitrogen and oxygen atoms in total. The van der Waals surface area contributed by atoms with Gasteiger partial charge in [-0.25, -0.2) is 0 Å². The fourth-order valence-corrected chi connectivity index (χ4v) is 3.14. The molecule has 1 saturated heterocycles. The van der Waals surface area contributed by atoms with Gasteiger partial charge in [0.15, 0.2) is 0 Å². The van der Waals surface area contributed by atoms with Crippen molar-refractivity contribution in [3.8, 4) is 0 Å². The van der Waals surface area contributed by atoms with Gasteiger partial charge in [0, 0.05) is 48.1 Å². The lowest BCUT2D eigenvalue weighted by Crippen LogP contribution is -2.47. The quantitative estimate of drug-likeness (QED) is 0.904. The summed E-state index contributed by atoms with van der Waals surface area (Å²) in [6.07, 6.45) is 3.26. The molecule has 0 spiro atoms. The minimum atomic E-state index is 0.00313. The monoisotopic (exact) mass is 364 g/mol. The van der Waals surface area contributed by atoms with E-state index in [1.54, 1.807) is 36.7 Å². The highest BCUT2D eigenvalue weighted by Gasteiger charge is 2.20. The minimum absolute atomic E-state index is 0.00313. The van der Waals surface area contributed by atoms with Crippen molar-refractivity contribution in [3.63, 3.8) is 0 Å². The van der Waals surface area contributed by atoms with Crippen molar-refractivity contribution in [3.05, 3.63) is 52.3 Å². The van der Waals surface area contributed by atoms with E-state index < -0.39 is 0 Å². The summed E-state index contributed by atoms with van der Waals surface area (Å²) in [7, 11) is 2.06. The van der Waals surface area contributed by atoms with E-state index in [4.69, 9.17) is 23.2 Å². The van der Waals surface area contributed by atoms with E-state index >= 15 is 0 Å². The number of halogens is 2. The topological polar surface area (TPSA) is 48.5 Å². The van der Waals surface area contributed by atoms with Crippen LogP contribution in [0.15, 0.2) is 36.7 Å². The van der Waals surface area contributed by atoms with Crippen LogP contribution >= 0.6 is 23.2 Å². The van der Waals surface area contributed by atoms with Gasteiger partial charge in [0.05, 0.1) is 17.4 Å². The molecular weight excluding hydrogens is 347 g/mol. The number of amides is 1. The first-order chi connectivity index (χ1) is 11.5. The van der Waals surface area contributed by atoms with Crippen LogP contribution in [0.2, 0.25) is 10.0 Å². The summed E-state index contributed by atoms with van der Waals surface area (Å²) in [6.45, 7) is 3.24. The Labute approximate surface area is 151 Å². The number of hydrogen-bond donors (Lipinski definition) is 1. The highest BCUT2D eigenvalue weighted by molar-refractivity contribution is 6.35. The van der Waals surface area contributed by atoms with Crippen LogP contribution in [0.5, 0.6) is 0 Å². The number of carbonyl (C=O) groups is 1. The molecule has 0 bridgehead atoms. The molecule has 0 unspecified atom stereocenters. The van der Waals surface area contributed by atoms with E-state index in [0.717, 1.165) is 31.9 Å². The Bertz CT molecular complexity index is 725. The fraction of sp³-hybridized carbons (Fsp3) is 0.294. The Morgan fingerprint density at radius 1 is 1.00 bits per heavy atom. The molecule has 0 radical (unpaired) electrons. The van der Waals surface area contributed by atoms with Gasteiger partial charge in [0.2, 0.25) is 0 Å². The number of carbonyl (C=O) groups excluding carboxylic acids is 1. The normalized spacial score (nSPS) is 15.4. The molecule has 0 saturated carbocycles. The molecule has 1 aromatic heterocycles. The maximum atomic E-state index is 12.6. The van der Waals surface area contributed by atoms with Crippen LogP contribution < -0.4 is 5.32 Å². The van der Waals surface area contributed by atoms with Crippen LogP contribution in [0.25, 0.3) is 0 Å². The Morgan fingerprint density at radius 2 is 1.67 bits per heavy atom. The van der Waals surface area contributed by atoms with Gasteiger partial charge in [-0.15, -0.1) is 0 Å². The van der Waals surface area contributed by atoms with E-state index in [9.17, 15) is 4.79 Å². The van der Waals surface area contributed by atoms with E-state index in [1.165, 1.54) is 0 Å². The van der Waals surface area contributed by atoms with Gasteiger partial charge < -0.3 is 15.1 Å². The summed E-state index contributed by atoms with van der Waals surface area (Å²) in [5.74, 6) is 0.00313. The number of piperazine rings is 1. The molecule has 0 aliphatic carbocycles. The largest absolute Gasteiger partial charge is 0.354 e. The number of anilines is 2. The molecule has 1 aliphatic heterocycles. The number of nitrogens with one attached hydrogen (secondary N) is 1. The average molecular weight is 365 g/mol. The summed E-state index contributed by atoms with van der Waals surface area (Å²) in [6, 6.07) is 6.99. The van der Waals surface area contributed by atoms with Gasteiger partial charge in [-0.3, -0.25) is 9.78 Å². The molecule has 1 amide bonds. The summed E-state index contributed by atoms with van der Waals surface area (Å²) < 4.78 is 0. The van der Waals surface area contributed by atoms with Crippen molar-refractivity contribution >= 4 is 40.5 Å². The lowest BCUT2D eigenvalue weighted by atomic mass is 10.2. The van der Waals surface area contributed by atoms with Gasteiger partial charge in [-0.05, 0) is 31.3 Å². The second-order valence-corrected chi connectivity index (χ2v) is 6.71. The Kier molecular flexibility index (Phi) is 5.23. The maximum absolute atomic E-state index is 12.6. The third-order valence-corrected chi connectivity index (χ3v) is 4.36. The minimum Gasteiger partial charge on any atom is -0.354 e. The summed E-state index contributed by atoms with van der Waals surface area (Å²) in [4.78, 5) is 20.9. The maximum Gasteiger partial charge on any atom is 0.255 e. The van der Waals surface area contributed by atoms with Crippen LogP contribution in [-0.4, -0.2) is 53.9 Å². The number of likely N-dealkylation sites (N-methyl/N-ethyl adjacent to an activating group) is 1. The highest BCUT2D eigenvalue weighted by atomic mass is 35.5. The van der Waals surface area contributed by atoms with Crippen LogP contribution in [0.1, 0.15) is 10.4 Å². The number of pyridine rings is 1. The molecule has 1 aromatic carbocycles. The van der Waals surface area contributed by atoms with E-state index in [-0.39, 0.29) is 5.91 Å². The van der Waals surface area contributed by atoms with Gasteiger partial charge in [-0.2, -0.15) is 0 Å². The van der Waals surface area contributed by atoms with E-state index in [1.807, 2.05) is 4.90 Å². The van der Waals surface area contributed by atoms with Crippen molar-refractivity contribution in [1.82, 2.24) is 14.8 Å². The Hall–Kier alpha value is -1.82. The van der Waals surface area contributed by atoms with Gasteiger partial charge in [0.1, 0.15) is 0 Å². The predicted octanol–water partition coefficient (Wildman–Crippen LogP) is 3.52. The molecule has 126 valence electrons. The molecule has 3 rings (SSSR count). The van der Waals surface area contributed by atoms with Crippen molar-refractivity contribution in [2.45, 2.75) is 0 Å². The van der Waals surface area contributed by atoms with E-state index in [0.29, 0.717) is 21.3 Å². The number of hydrogen-bond acceptors (Lipinski definition) is 4. The number of benzene rings is 1. The lowest BCUT2D eigenvalue weighted by Gasteiger charge is -2.32. The first-order valence-corrected chi connectivity index (χ1v) is 8.43. The van der Waals surface area contributed by atoms with E-state index in [2.05, 4.69) is 22.2 Å². The van der Waals surface area contributed by atoms with Crippen molar-refractivity contribution < 1.29 is 4.79 Å².